The van der Waals surface area contributed by atoms with Gasteiger partial charge >= 0.3 is 0 Å². The van der Waals surface area contributed by atoms with Crippen LogP contribution in [0.25, 0.3) is 0 Å². The zero-order valence-corrected chi connectivity index (χ0v) is 12.5. The van der Waals surface area contributed by atoms with Crippen LogP contribution in [0.15, 0.2) is 48.8 Å². The van der Waals surface area contributed by atoms with Crippen molar-refractivity contribution in [2.75, 3.05) is 7.11 Å². The van der Waals surface area contributed by atoms with E-state index in [1.807, 2.05) is 12.1 Å². The fourth-order valence-electron chi connectivity index (χ4n) is 4.80. The van der Waals surface area contributed by atoms with Crippen molar-refractivity contribution < 1.29 is 14.3 Å². The highest BCUT2D eigenvalue weighted by Gasteiger charge is 2.66. The van der Waals surface area contributed by atoms with Crippen molar-refractivity contribution in [3.63, 3.8) is 0 Å². The molecule has 1 aromatic rings. The van der Waals surface area contributed by atoms with Gasteiger partial charge in [-0.15, -0.1) is 6.58 Å². The number of hydrogen-bond acceptors (Lipinski definition) is 3. The minimum atomic E-state index is -0.630. The first-order valence-corrected chi connectivity index (χ1v) is 7.68. The van der Waals surface area contributed by atoms with Crippen molar-refractivity contribution in [1.82, 2.24) is 0 Å². The van der Waals surface area contributed by atoms with Gasteiger partial charge in [-0.2, -0.15) is 0 Å². The molecule has 3 aliphatic carbocycles. The summed E-state index contributed by atoms with van der Waals surface area (Å²) in [5.74, 6) is -0.219. The van der Waals surface area contributed by atoms with Crippen molar-refractivity contribution in [2.45, 2.75) is 18.8 Å². The van der Waals surface area contributed by atoms with Crippen LogP contribution in [0.3, 0.4) is 0 Å². The van der Waals surface area contributed by atoms with Gasteiger partial charge < -0.3 is 4.74 Å². The number of fused-ring (bicyclic) bond motifs is 7. The largest absolute Gasteiger partial charge is 0.493 e. The lowest BCUT2D eigenvalue weighted by molar-refractivity contribution is -0.136. The fourth-order valence-corrected chi connectivity index (χ4v) is 4.80. The van der Waals surface area contributed by atoms with Crippen LogP contribution in [0.2, 0.25) is 0 Å². The summed E-state index contributed by atoms with van der Waals surface area (Å²) >= 11 is 0. The molecule has 0 heterocycles. The van der Waals surface area contributed by atoms with Gasteiger partial charge in [-0.05, 0) is 36.0 Å². The normalized spacial score (nSPS) is 35.0. The molecule has 0 radical (unpaired) electrons. The third-order valence-corrected chi connectivity index (χ3v) is 5.67. The van der Waals surface area contributed by atoms with E-state index in [0.29, 0.717) is 12.2 Å². The number of Topliss-reactive ketones (excluding diaryl/α,β-unsaturated/α-hetero) is 2. The van der Waals surface area contributed by atoms with Gasteiger partial charge in [0.1, 0.15) is 0 Å². The molecular weight excluding hydrogens is 276 g/mol. The summed E-state index contributed by atoms with van der Waals surface area (Å²) in [6.45, 7) is 3.83. The molecule has 3 nitrogen and oxygen atoms in total. The first-order chi connectivity index (χ1) is 10.6. The number of benzene rings is 1. The van der Waals surface area contributed by atoms with Crippen molar-refractivity contribution in [3.8, 4) is 0 Å². The average Bonchev–Trinajstić information content (AvgIpc) is 2.97. The Morgan fingerprint density at radius 3 is 2.86 bits per heavy atom. The first kappa shape index (κ1) is 13.5. The van der Waals surface area contributed by atoms with Crippen LogP contribution < -0.4 is 0 Å². The number of hydrogen-bond donors (Lipinski definition) is 0. The molecule has 3 aliphatic rings. The summed E-state index contributed by atoms with van der Waals surface area (Å²) in [6, 6.07) is 8.19. The van der Waals surface area contributed by atoms with Gasteiger partial charge in [0.2, 0.25) is 5.78 Å². The van der Waals surface area contributed by atoms with E-state index < -0.39 is 11.3 Å². The zero-order valence-electron chi connectivity index (χ0n) is 12.5. The highest BCUT2D eigenvalue weighted by atomic mass is 16.5. The standard InChI is InChI=1S/C19H18O3/c1-3-8-19-10-14(22-2)17(20)16(18(19)21)15-12-7-5-4-6-11(12)9-13(15)19/h3-7,10,13,15-16H,1,8-9H2,2H3/t13-,15+,16-,19-/m0/s1. The molecular formula is C19H18O3. The molecule has 4 atom stereocenters. The summed E-state index contributed by atoms with van der Waals surface area (Å²) in [6.07, 6.45) is 4.99. The highest BCUT2D eigenvalue weighted by Crippen LogP contribution is 2.63. The zero-order chi connectivity index (χ0) is 15.5. The van der Waals surface area contributed by atoms with Crippen LogP contribution in [-0.4, -0.2) is 18.7 Å². The van der Waals surface area contributed by atoms with E-state index in [2.05, 4.69) is 18.7 Å². The Hall–Kier alpha value is -2.16. The lowest BCUT2D eigenvalue weighted by Gasteiger charge is -2.31. The molecule has 0 aliphatic heterocycles. The third-order valence-electron chi connectivity index (χ3n) is 5.67. The number of rotatable bonds is 3. The smallest absolute Gasteiger partial charge is 0.208 e. The number of methoxy groups -OCH3 is 1. The lowest BCUT2D eigenvalue weighted by atomic mass is 9.70. The lowest BCUT2D eigenvalue weighted by Crippen LogP contribution is -2.39. The Morgan fingerprint density at radius 1 is 1.36 bits per heavy atom. The molecule has 0 amide bonds. The molecule has 0 aromatic heterocycles. The Kier molecular flexibility index (Phi) is 2.71. The molecule has 0 unspecified atom stereocenters. The molecule has 0 spiro atoms. The van der Waals surface area contributed by atoms with Gasteiger partial charge in [-0.25, -0.2) is 0 Å². The molecule has 1 saturated carbocycles. The summed E-state index contributed by atoms with van der Waals surface area (Å²) in [4.78, 5) is 25.7. The van der Waals surface area contributed by atoms with E-state index in [1.165, 1.54) is 12.7 Å². The predicted molar refractivity (Wildman–Crippen MR) is 82.2 cm³/mol. The first-order valence-electron chi connectivity index (χ1n) is 7.68. The molecule has 2 bridgehead atoms. The van der Waals surface area contributed by atoms with Crippen LogP contribution in [0.4, 0.5) is 0 Å². The molecule has 112 valence electrons. The highest BCUT2D eigenvalue weighted by molar-refractivity contribution is 6.17. The topological polar surface area (TPSA) is 43.4 Å². The van der Waals surface area contributed by atoms with Gasteiger partial charge in [0.25, 0.3) is 0 Å². The second-order valence-corrected chi connectivity index (χ2v) is 6.49. The van der Waals surface area contributed by atoms with Crippen LogP contribution >= 0.6 is 0 Å². The Morgan fingerprint density at radius 2 is 2.14 bits per heavy atom. The van der Waals surface area contributed by atoms with E-state index in [9.17, 15) is 9.59 Å². The second-order valence-electron chi connectivity index (χ2n) is 6.49. The van der Waals surface area contributed by atoms with Gasteiger partial charge in [-0.3, -0.25) is 9.59 Å². The van der Waals surface area contributed by atoms with Crippen LogP contribution in [0.1, 0.15) is 23.5 Å². The van der Waals surface area contributed by atoms with Gasteiger partial charge in [0, 0.05) is 5.92 Å². The van der Waals surface area contributed by atoms with E-state index in [4.69, 9.17) is 4.74 Å². The average molecular weight is 294 g/mol. The summed E-state index contributed by atoms with van der Waals surface area (Å²) in [5, 5.41) is 0. The van der Waals surface area contributed by atoms with Crippen LogP contribution in [0, 0.1) is 17.3 Å². The maximum Gasteiger partial charge on any atom is 0.208 e. The van der Waals surface area contributed by atoms with E-state index >= 15 is 0 Å². The van der Waals surface area contributed by atoms with Gasteiger partial charge in [-0.1, -0.05) is 30.3 Å². The Balaban J connectivity index is 1.94. The summed E-state index contributed by atoms with van der Waals surface area (Å²) < 4.78 is 5.28. The summed E-state index contributed by atoms with van der Waals surface area (Å²) in [7, 11) is 1.50. The fraction of sp³-hybridized carbons (Fsp3) is 0.368. The maximum atomic E-state index is 13.0. The molecule has 1 fully saturated rings. The SMILES string of the molecule is C=CC[C@@]12C=C(OC)C(=O)[C@@H](C1=O)[C@@H]1c3ccccc3C[C@@H]12. The quantitative estimate of drug-likeness (QED) is 0.636. The van der Waals surface area contributed by atoms with Gasteiger partial charge in [0.05, 0.1) is 18.4 Å². The Bertz CT molecular complexity index is 730. The van der Waals surface area contributed by atoms with E-state index in [1.54, 1.807) is 12.2 Å². The molecule has 3 heteroatoms. The third kappa shape index (κ3) is 1.41. The number of carbonyl (C=O) groups is 2. The molecule has 4 rings (SSSR count). The minimum absolute atomic E-state index is 0.0138. The number of carbonyl (C=O) groups excluding carboxylic acids is 2. The number of allylic oxidation sites excluding steroid dienone is 3. The van der Waals surface area contributed by atoms with Crippen molar-refractivity contribution >= 4 is 11.6 Å². The molecule has 0 N–H and O–H groups in total. The monoisotopic (exact) mass is 294 g/mol. The predicted octanol–water partition coefficient (Wildman–Crippen LogP) is 2.82. The molecule has 1 aromatic carbocycles. The molecule has 0 saturated heterocycles. The second kappa shape index (κ2) is 4.42. The summed E-state index contributed by atoms with van der Waals surface area (Å²) in [5.41, 5.74) is 1.80. The van der Waals surface area contributed by atoms with E-state index in [0.717, 1.165) is 12.0 Å². The van der Waals surface area contributed by atoms with Crippen molar-refractivity contribution in [3.05, 3.63) is 59.9 Å². The van der Waals surface area contributed by atoms with Gasteiger partial charge in [0.15, 0.2) is 11.5 Å². The van der Waals surface area contributed by atoms with Crippen molar-refractivity contribution in [2.24, 2.45) is 17.3 Å². The van der Waals surface area contributed by atoms with E-state index in [-0.39, 0.29) is 23.4 Å². The number of ether oxygens (including phenoxy) is 1. The van der Waals surface area contributed by atoms with Crippen LogP contribution in [-0.2, 0) is 20.7 Å². The van der Waals surface area contributed by atoms with Crippen LogP contribution in [0.5, 0.6) is 0 Å². The molecule has 22 heavy (non-hydrogen) atoms. The number of ketones is 2. The minimum Gasteiger partial charge on any atom is -0.493 e. The van der Waals surface area contributed by atoms with Crippen molar-refractivity contribution in [1.29, 1.82) is 0 Å². The Labute approximate surface area is 129 Å². The maximum absolute atomic E-state index is 13.0.